The number of nitrogens with one attached hydrogen (secondary N) is 3. The Balaban J connectivity index is 1.17. The number of benzene rings is 3. The van der Waals surface area contributed by atoms with Gasteiger partial charge in [0.2, 0.25) is 17.7 Å². The number of carbonyl (C=O) groups is 4. The number of rotatable bonds is 10. The molecule has 1 heterocycles. The van der Waals surface area contributed by atoms with Crippen LogP contribution in [0, 0.1) is 0 Å². The highest BCUT2D eigenvalue weighted by molar-refractivity contribution is 6.02. The molecule has 0 aliphatic carbocycles. The summed E-state index contributed by atoms with van der Waals surface area (Å²) in [5.41, 5.74) is 1.16. The van der Waals surface area contributed by atoms with Gasteiger partial charge in [0.05, 0.1) is 13.2 Å². The van der Waals surface area contributed by atoms with E-state index in [0.29, 0.717) is 30.8 Å². The highest BCUT2D eigenvalue weighted by atomic mass is 16.5. The fourth-order valence-electron chi connectivity index (χ4n) is 3.72. The van der Waals surface area contributed by atoms with E-state index in [-0.39, 0.29) is 37.2 Å². The first kappa shape index (κ1) is 23.7. The van der Waals surface area contributed by atoms with Crippen molar-refractivity contribution in [2.45, 2.75) is 19.3 Å². The number of fused-ring (bicyclic) bond motifs is 1. The molecule has 0 atom stereocenters. The number of carbonyl (C=O) groups excluding carboxylic acids is 4. The van der Waals surface area contributed by atoms with E-state index in [1.54, 1.807) is 24.3 Å². The summed E-state index contributed by atoms with van der Waals surface area (Å²) in [6.07, 6.45) is 0.880. The largest absolute Gasteiger partial charge is 0.493 e. The van der Waals surface area contributed by atoms with E-state index < -0.39 is 6.03 Å². The van der Waals surface area contributed by atoms with Gasteiger partial charge in [0, 0.05) is 36.1 Å². The normalized spacial score (nSPS) is 13.0. The van der Waals surface area contributed by atoms with Gasteiger partial charge in [0.25, 0.3) is 0 Å². The van der Waals surface area contributed by atoms with E-state index in [1.807, 2.05) is 42.5 Å². The summed E-state index contributed by atoms with van der Waals surface area (Å²) in [6, 6.07) is 20.1. The molecule has 9 heteroatoms. The second-order valence-electron chi connectivity index (χ2n) is 8.06. The molecule has 180 valence electrons. The molecule has 0 bridgehead atoms. The fraction of sp³-hybridized carbons (Fsp3) is 0.231. The molecule has 1 aliphatic rings. The first-order valence-corrected chi connectivity index (χ1v) is 11.4. The Morgan fingerprint density at radius 1 is 0.857 bits per heavy atom. The quantitative estimate of drug-likeness (QED) is 0.307. The van der Waals surface area contributed by atoms with E-state index in [9.17, 15) is 19.2 Å². The first-order chi connectivity index (χ1) is 17.0. The molecule has 4 rings (SSSR count). The lowest BCUT2D eigenvalue weighted by Gasteiger charge is -2.12. The van der Waals surface area contributed by atoms with E-state index in [4.69, 9.17) is 4.74 Å². The minimum Gasteiger partial charge on any atom is -0.493 e. The van der Waals surface area contributed by atoms with Crippen molar-refractivity contribution in [3.05, 3.63) is 66.7 Å². The number of urea groups is 1. The van der Waals surface area contributed by atoms with Crippen LogP contribution in [-0.2, 0) is 14.4 Å². The Kier molecular flexibility index (Phi) is 7.57. The maximum atomic E-state index is 12.3. The monoisotopic (exact) mass is 474 g/mol. The number of imide groups is 1. The van der Waals surface area contributed by atoms with Crippen LogP contribution in [0.2, 0.25) is 0 Å². The molecule has 1 aliphatic heterocycles. The predicted octanol–water partition coefficient (Wildman–Crippen LogP) is 3.52. The molecule has 0 radical (unpaired) electrons. The molecule has 0 spiro atoms. The molecule has 1 fully saturated rings. The molecule has 0 aromatic heterocycles. The summed E-state index contributed by atoms with van der Waals surface area (Å²) < 4.78 is 5.87. The molecule has 9 nitrogen and oxygen atoms in total. The van der Waals surface area contributed by atoms with Gasteiger partial charge in [-0.15, -0.1) is 0 Å². The lowest BCUT2D eigenvalue weighted by molar-refractivity contribution is -0.125. The maximum absolute atomic E-state index is 12.3. The van der Waals surface area contributed by atoms with Crippen LogP contribution >= 0.6 is 0 Å². The third-order valence-electron chi connectivity index (χ3n) is 5.51. The molecular weight excluding hydrogens is 448 g/mol. The minimum absolute atomic E-state index is 0.00149. The Bertz CT molecular complexity index is 1220. The number of amides is 5. The molecule has 5 amide bonds. The zero-order chi connectivity index (χ0) is 24.6. The van der Waals surface area contributed by atoms with Crippen molar-refractivity contribution >= 4 is 45.9 Å². The average Bonchev–Trinajstić information content (AvgIpc) is 3.18. The lowest BCUT2D eigenvalue weighted by atomic mass is 10.1. The smallest absolute Gasteiger partial charge is 0.324 e. The third-order valence-corrected chi connectivity index (χ3v) is 5.51. The van der Waals surface area contributed by atoms with Crippen LogP contribution in [0.4, 0.5) is 16.2 Å². The molecular formula is C26H26N4O5. The van der Waals surface area contributed by atoms with Crippen LogP contribution in [0.15, 0.2) is 66.7 Å². The Morgan fingerprint density at radius 2 is 1.51 bits per heavy atom. The predicted molar refractivity (Wildman–Crippen MR) is 132 cm³/mol. The fourth-order valence-corrected chi connectivity index (χ4v) is 3.72. The zero-order valence-corrected chi connectivity index (χ0v) is 19.1. The highest BCUT2D eigenvalue weighted by Crippen LogP contribution is 2.25. The van der Waals surface area contributed by atoms with Gasteiger partial charge in [0.15, 0.2) is 0 Å². The summed E-state index contributed by atoms with van der Waals surface area (Å²) in [7, 11) is 0. The van der Waals surface area contributed by atoms with Crippen molar-refractivity contribution in [2.75, 3.05) is 30.3 Å². The molecule has 0 saturated carbocycles. The zero-order valence-electron chi connectivity index (χ0n) is 19.1. The average molecular weight is 475 g/mol. The van der Waals surface area contributed by atoms with E-state index in [1.165, 1.54) is 0 Å². The maximum Gasteiger partial charge on any atom is 0.324 e. The van der Waals surface area contributed by atoms with Gasteiger partial charge in [-0.1, -0.05) is 36.4 Å². The van der Waals surface area contributed by atoms with Gasteiger partial charge in [-0.05, 0) is 42.1 Å². The Morgan fingerprint density at radius 3 is 2.20 bits per heavy atom. The summed E-state index contributed by atoms with van der Waals surface area (Å²) in [4.78, 5) is 48.4. The van der Waals surface area contributed by atoms with Crippen molar-refractivity contribution in [3.8, 4) is 5.75 Å². The number of ether oxygens (including phenoxy) is 1. The van der Waals surface area contributed by atoms with Gasteiger partial charge < -0.3 is 20.7 Å². The number of anilines is 2. The minimum atomic E-state index is -0.483. The molecule has 3 aromatic rings. The van der Waals surface area contributed by atoms with Crippen LogP contribution in [0.1, 0.15) is 19.3 Å². The van der Waals surface area contributed by atoms with Crippen molar-refractivity contribution in [3.63, 3.8) is 0 Å². The topological polar surface area (TPSA) is 117 Å². The second-order valence-corrected chi connectivity index (χ2v) is 8.06. The van der Waals surface area contributed by atoms with Crippen molar-refractivity contribution in [2.24, 2.45) is 0 Å². The van der Waals surface area contributed by atoms with Crippen LogP contribution in [0.5, 0.6) is 5.75 Å². The molecule has 35 heavy (non-hydrogen) atoms. The molecule has 3 aromatic carbocycles. The first-order valence-electron chi connectivity index (χ1n) is 11.4. The van der Waals surface area contributed by atoms with Crippen molar-refractivity contribution in [1.29, 1.82) is 0 Å². The summed E-state index contributed by atoms with van der Waals surface area (Å²) in [6.45, 7) is 0.413. The Hall–Kier alpha value is -4.40. The van der Waals surface area contributed by atoms with Gasteiger partial charge >= 0.3 is 6.03 Å². The second kappa shape index (κ2) is 11.1. The highest BCUT2D eigenvalue weighted by Gasteiger charge is 2.28. The van der Waals surface area contributed by atoms with Crippen molar-refractivity contribution in [1.82, 2.24) is 10.2 Å². The number of hydrogen-bond donors (Lipinski definition) is 3. The van der Waals surface area contributed by atoms with Crippen molar-refractivity contribution < 1.29 is 23.9 Å². The van der Waals surface area contributed by atoms with Gasteiger partial charge in [-0.25, -0.2) is 4.79 Å². The summed E-state index contributed by atoms with van der Waals surface area (Å²) in [5.74, 6) is 0.0109. The number of hydrogen-bond acceptors (Lipinski definition) is 5. The standard InChI is InChI=1S/C26H26N4O5/c31-23(9-4-16-35-22-8-3-6-18-5-1-2-7-21(18)22)28-19-10-12-20(13-11-19)29-24(32)14-15-30-25(33)17-27-26(30)34/h1-3,5-8,10-13H,4,9,14-17H2,(H,27,34)(H,28,31)(H,29,32). The van der Waals surface area contributed by atoms with E-state index in [2.05, 4.69) is 16.0 Å². The number of nitrogens with zero attached hydrogens (tertiary/aromatic N) is 1. The lowest BCUT2D eigenvalue weighted by Crippen LogP contribution is -2.33. The summed E-state index contributed by atoms with van der Waals surface area (Å²) in [5, 5.41) is 10.1. The molecule has 3 N–H and O–H groups in total. The van der Waals surface area contributed by atoms with Crippen LogP contribution in [0.25, 0.3) is 10.8 Å². The van der Waals surface area contributed by atoms with Gasteiger partial charge in [-0.2, -0.15) is 0 Å². The SMILES string of the molecule is O=C(CCCOc1cccc2ccccc12)Nc1ccc(NC(=O)CCN2C(=O)CNC2=O)cc1. The van der Waals surface area contributed by atoms with Crippen LogP contribution in [0.3, 0.4) is 0 Å². The molecule has 1 saturated heterocycles. The summed E-state index contributed by atoms with van der Waals surface area (Å²) >= 11 is 0. The van der Waals surface area contributed by atoms with Gasteiger partial charge in [-0.3, -0.25) is 19.3 Å². The Labute approximate surface area is 202 Å². The van der Waals surface area contributed by atoms with Gasteiger partial charge in [0.1, 0.15) is 5.75 Å². The molecule has 0 unspecified atom stereocenters. The van der Waals surface area contributed by atoms with E-state index in [0.717, 1.165) is 21.4 Å². The van der Waals surface area contributed by atoms with Crippen LogP contribution in [-0.4, -0.2) is 48.3 Å². The van der Waals surface area contributed by atoms with Crippen LogP contribution < -0.4 is 20.7 Å². The third kappa shape index (κ3) is 6.35. The van der Waals surface area contributed by atoms with E-state index >= 15 is 0 Å².